The summed E-state index contributed by atoms with van der Waals surface area (Å²) in [6, 6.07) is 0. The highest BCUT2D eigenvalue weighted by atomic mass is 16.5. The van der Waals surface area contributed by atoms with E-state index >= 15 is 0 Å². The van der Waals surface area contributed by atoms with Crippen LogP contribution in [0, 0.1) is 46.3 Å². The summed E-state index contributed by atoms with van der Waals surface area (Å²) < 4.78 is 0. The molecule has 0 aromatic heterocycles. The Morgan fingerprint density at radius 1 is 1.00 bits per heavy atom. The van der Waals surface area contributed by atoms with E-state index in [9.17, 15) is 15.0 Å². The number of carbonyl (C=O) groups is 1. The molecule has 170 valence electrons. The van der Waals surface area contributed by atoms with Crippen molar-refractivity contribution in [3.63, 3.8) is 0 Å². The normalized spacial score (nSPS) is 42.9. The zero-order valence-electron chi connectivity index (χ0n) is 19.7. The predicted octanol–water partition coefficient (Wildman–Crippen LogP) is 5.89. The Morgan fingerprint density at radius 3 is 2.50 bits per heavy atom. The number of allylic oxidation sites excluding steroid dienone is 1. The summed E-state index contributed by atoms with van der Waals surface area (Å²) in [6.45, 7) is 9.49. The number of fused-ring (bicyclic) bond motifs is 5. The molecule has 2 N–H and O–H groups in total. The van der Waals surface area contributed by atoms with Gasteiger partial charge in [0.1, 0.15) is 0 Å². The lowest BCUT2D eigenvalue weighted by Gasteiger charge is -2.58. The molecule has 0 radical (unpaired) electrons. The summed E-state index contributed by atoms with van der Waals surface area (Å²) in [6.07, 6.45) is 13.8. The summed E-state index contributed by atoms with van der Waals surface area (Å²) in [5.74, 6) is 4.37. The van der Waals surface area contributed by atoms with Crippen LogP contribution in [-0.2, 0) is 4.79 Å². The van der Waals surface area contributed by atoms with Crippen LogP contribution in [0.5, 0.6) is 0 Å². The Balaban J connectivity index is 1.44. The second kappa shape index (κ2) is 8.35. The first-order chi connectivity index (χ1) is 14.2. The van der Waals surface area contributed by atoms with E-state index < -0.39 is 6.29 Å². The third kappa shape index (κ3) is 3.72. The Labute approximate surface area is 183 Å². The molecule has 3 nitrogen and oxygen atoms in total. The van der Waals surface area contributed by atoms with Gasteiger partial charge in [-0.15, -0.1) is 0 Å². The molecule has 4 aliphatic carbocycles. The number of hydrogen-bond donors (Lipinski definition) is 2. The van der Waals surface area contributed by atoms with Gasteiger partial charge in [-0.25, -0.2) is 0 Å². The minimum Gasteiger partial charge on any atom is -0.368 e. The Bertz CT molecular complexity index is 682. The van der Waals surface area contributed by atoms with Crippen molar-refractivity contribution in [1.82, 2.24) is 0 Å². The first-order valence-electron chi connectivity index (χ1n) is 12.8. The third-order valence-corrected chi connectivity index (χ3v) is 10.6. The molecule has 4 aliphatic rings. The van der Waals surface area contributed by atoms with Gasteiger partial charge in [-0.2, -0.15) is 0 Å². The zero-order chi connectivity index (χ0) is 21.7. The number of rotatable bonds is 6. The van der Waals surface area contributed by atoms with Gasteiger partial charge in [-0.3, -0.25) is 4.79 Å². The first kappa shape index (κ1) is 22.5. The number of hydrogen-bond acceptors (Lipinski definition) is 3. The number of ketones is 1. The molecule has 3 fully saturated rings. The van der Waals surface area contributed by atoms with E-state index in [0.29, 0.717) is 11.2 Å². The van der Waals surface area contributed by atoms with Crippen molar-refractivity contribution in [2.24, 2.45) is 46.3 Å². The highest BCUT2D eigenvalue weighted by molar-refractivity contribution is 5.91. The molecule has 1 unspecified atom stereocenters. The average molecular weight is 417 g/mol. The molecule has 0 spiro atoms. The minimum absolute atomic E-state index is 0.0211. The molecular formula is C27H44O3. The van der Waals surface area contributed by atoms with Gasteiger partial charge in [0.15, 0.2) is 12.1 Å². The standard InChI is InChI=1S/C27H44O3/c1-17(6-5-7-18(2)25(29)30)22-10-11-23-21-9-8-19-16-20(28)12-14-26(19,3)24(21)13-15-27(22,23)4/h16-18,21-25,29-30H,5-15H2,1-4H3/t17-,18?,21+,22-,23+,24+,26+,27-/m1/s1. The SMILES string of the molecule is CC(CCC[C@@H](C)[C@H]1CC[C@H]2[C@@H]3CCC4=CC(=O)CC[C@]4(C)[C@H]3CC[C@]12C)C(O)O. The monoisotopic (exact) mass is 416 g/mol. The highest BCUT2D eigenvalue weighted by Crippen LogP contribution is 2.67. The van der Waals surface area contributed by atoms with Crippen molar-refractivity contribution in [3.05, 3.63) is 11.6 Å². The lowest BCUT2D eigenvalue weighted by atomic mass is 9.46. The van der Waals surface area contributed by atoms with Gasteiger partial charge in [0, 0.05) is 12.3 Å². The van der Waals surface area contributed by atoms with Crippen LogP contribution in [0.4, 0.5) is 0 Å². The van der Waals surface area contributed by atoms with Gasteiger partial charge >= 0.3 is 0 Å². The van der Waals surface area contributed by atoms with E-state index in [1.54, 1.807) is 0 Å². The molecule has 0 aromatic rings. The molecular weight excluding hydrogens is 372 g/mol. The summed E-state index contributed by atoms with van der Waals surface area (Å²) in [5, 5.41) is 18.7. The van der Waals surface area contributed by atoms with Gasteiger partial charge in [-0.1, -0.05) is 46.1 Å². The van der Waals surface area contributed by atoms with Gasteiger partial charge in [0.25, 0.3) is 0 Å². The number of aliphatic hydroxyl groups is 2. The maximum absolute atomic E-state index is 12.0. The van der Waals surface area contributed by atoms with E-state index in [1.165, 1.54) is 44.1 Å². The van der Waals surface area contributed by atoms with Crippen LogP contribution in [0.1, 0.15) is 98.3 Å². The molecule has 8 atom stereocenters. The fourth-order valence-electron chi connectivity index (χ4n) is 8.65. The van der Waals surface area contributed by atoms with Gasteiger partial charge in [0.2, 0.25) is 0 Å². The fraction of sp³-hybridized carbons (Fsp3) is 0.889. The Morgan fingerprint density at radius 2 is 1.77 bits per heavy atom. The van der Waals surface area contributed by atoms with Crippen molar-refractivity contribution >= 4 is 5.78 Å². The molecule has 0 aromatic carbocycles. The molecule has 0 heterocycles. The average Bonchev–Trinajstić information content (AvgIpc) is 3.05. The molecule has 0 aliphatic heterocycles. The molecule has 3 heteroatoms. The van der Waals surface area contributed by atoms with Crippen molar-refractivity contribution in [2.75, 3.05) is 0 Å². The van der Waals surface area contributed by atoms with Crippen LogP contribution in [0.2, 0.25) is 0 Å². The van der Waals surface area contributed by atoms with Crippen LogP contribution in [-0.4, -0.2) is 22.3 Å². The van der Waals surface area contributed by atoms with E-state index in [-0.39, 0.29) is 11.3 Å². The summed E-state index contributed by atoms with van der Waals surface area (Å²) in [5.41, 5.74) is 2.24. The van der Waals surface area contributed by atoms with Crippen LogP contribution in [0.25, 0.3) is 0 Å². The van der Waals surface area contributed by atoms with Crippen molar-refractivity contribution < 1.29 is 15.0 Å². The van der Waals surface area contributed by atoms with Crippen molar-refractivity contribution in [2.45, 2.75) is 105 Å². The van der Waals surface area contributed by atoms with Crippen LogP contribution >= 0.6 is 0 Å². The van der Waals surface area contributed by atoms with Crippen LogP contribution in [0.3, 0.4) is 0 Å². The Kier molecular flexibility index (Phi) is 6.27. The van der Waals surface area contributed by atoms with Gasteiger partial charge in [0.05, 0.1) is 0 Å². The summed E-state index contributed by atoms with van der Waals surface area (Å²) in [7, 11) is 0. The van der Waals surface area contributed by atoms with E-state index in [4.69, 9.17) is 0 Å². The third-order valence-electron chi connectivity index (χ3n) is 10.6. The summed E-state index contributed by atoms with van der Waals surface area (Å²) >= 11 is 0. The molecule has 0 saturated heterocycles. The van der Waals surface area contributed by atoms with Crippen molar-refractivity contribution in [1.29, 1.82) is 0 Å². The van der Waals surface area contributed by atoms with Crippen LogP contribution < -0.4 is 0 Å². The van der Waals surface area contributed by atoms with Gasteiger partial charge < -0.3 is 10.2 Å². The van der Waals surface area contributed by atoms with Gasteiger partial charge in [-0.05, 0) is 97.9 Å². The predicted molar refractivity (Wildman–Crippen MR) is 121 cm³/mol. The second-order valence-electron chi connectivity index (χ2n) is 12.0. The topological polar surface area (TPSA) is 57.5 Å². The minimum atomic E-state index is -1.18. The van der Waals surface area contributed by atoms with Crippen LogP contribution in [0.15, 0.2) is 11.6 Å². The maximum atomic E-state index is 12.0. The quantitative estimate of drug-likeness (QED) is 0.531. The molecule has 30 heavy (non-hydrogen) atoms. The molecule has 0 amide bonds. The van der Waals surface area contributed by atoms with E-state index in [1.807, 2.05) is 13.0 Å². The first-order valence-corrected chi connectivity index (χ1v) is 12.8. The highest BCUT2D eigenvalue weighted by Gasteiger charge is 2.59. The van der Waals surface area contributed by atoms with E-state index in [2.05, 4.69) is 20.8 Å². The molecule has 4 rings (SSSR count). The number of aliphatic hydroxyl groups excluding tert-OH is 1. The maximum Gasteiger partial charge on any atom is 0.155 e. The Hall–Kier alpha value is -0.670. The largest absolute Gasteiger partial charge is 0.368 e. The van der Waals surface area contributed by atoms with Crippen molar-refractivity contribution in [3.8, 4) is 0 Å². The number of carbonyl (C=O) groups excluding carboxylic acids is 1. The zero-order valence-corrected chi connectivity index (χ0v) is 19.7. The molecule has 0 bridgehead atoms. The smallest absolute Gasteiger partial charge is 0.155 e. The molecule has 3 saturated carbocycles. The van der Waals surface area contributed by atoms with E-state index in [0.717, 1.165) is 61.7 Å². The fourth-order valence-corrected chi connectivity index (χ4v) is 8.65. The lowest BCUT2D eigenvalue weighted by Crippen LogP contribution is -2.50. The lowest BCUT2D eigenvalue weighted by molar-refractivity contribution is -0.117. The summed E-state index contributed by atoms with van der Waals surface area (Å²) in [4.78, 5) is 12.0. The second-order valence-corrected chi connectivity index (χ2v) is 12.0.